The number of anilines is 1. The molecule has 0 aliphatic carbocycles. The maximum absolute atomic E-state index is 12.3. The molecule has 0 saturated heterocycles. The molecule has 1 atom stereocenters. The third kappa shape index (κ3) is 5.41. The SMILES string of the molecule is COc1cc(C(=O)O[C@@H](C)C(=O)Nc2ccc(C#N)cc2)ccc1OC(F)F. The summed E-state index contributed by atoms with van der Waals surface area (Å²) in [5.41, 5.74) is 0.865. The minimum Gasteiger partial charge on any atom is -0.493 e. The quantitative estimate of drug-likeness (QED) is 0.728. The number of esters is 1. The van der Waals surface area contributed by atoms with Crippen molar-refractivity contribution < 1.29 is 32.6 Å². The molecular weight excluding hydrogens is 374 g/mol. The molecule has 2 aromatic rings. The largest absolute Gasteiger partial charge is 0.493 e. The lowest BCUT2D eigenvalue weighted by Gasteiger charge is -2.15. The Hall–Kier alpha value is -3.67. The first-order valence-electron chi connectivity index (χ1n) is 7.99. The van der Waals surface area contributed by atoms with E-state index in [1.807, 2.05) is 6.07 Å². The van der Waals surface area contributed by atoms with E-state index in [2.05, 4.69) is 10.1 Å². The van der Waals surface area contributed by atoms with Gasteiger partial charge in [-0.25, -0.2) is 4.79 Å². The van der Waals surface area contributed by atoms with Crippen molar-refractivity contribution in [2.45, 2.75) is 19.6 Å². The molecule has 146 valence electrons. The number of carbonyl (C=O) groups excluding carboxylic acids is 2. The normalized spacial score (nSPS) is 11.3. The highest BCUT2D eigenvalue weighted by Crippen LogP contribution is 2.29. The van der Waals surface area contributed by atoms with E-state index in [0.29, 0.717) is 11.3 Å². The van der Waals surface area contributed by atoms with Crippen molar-refractivity contribution in [1.82, 2.24) is 0 Å². The van der Waals surface area contributed by atoms with Crippen molar-refractivity contribution in [2.24, 2.45) is 0 Å². The van der Waals surface area contributed by atoms with Crippen molar-refractivity contribution in [3.63, 3.8) is 0 Å². The van der Waals surface area contributed by atoms with Gasteiger partial charge in [-0.3, -0.25) is 4.79 Å². The van der Waals surface area contributed by atoms with E-state index in [9.17, 15) is 18.4 Å². The van der Waals surface area contributed by atoms with Crippen molar-refractivity contribution in [2.75, 3.05) is 12.4 Å². The highest BCUT2D eigenvalue weighted by Gasteiger charge is 2.21. The Morgan fingerprint density at radius 1 is 1.11 bits per heavy atom. The van der Waals surface area contributed by atoms with Crippen LogP contribution in [0.3, 0.4) is 0 Å². The lowest BCUT2D eigenvalue weighted by Crippen LogP contribution is -2.30. The number of nitrogens with zero attached hydrogens (tertiary/aromatic N) is 1. The van der Waals surface area contributed by atoms with E-state index in [1.54, 1.807) is 0 Å². The Morgan fingerprint density at radius 2 is 1.79 bits per heavy atom. The Balaban J connectivity index is 2.02. The van der Waals surface area contributed by atoms with Crippen LogP contribution < -0.4 is 14.8 Å². The smallest absolute Gasteiger partial charge is 0.387 e. The molecule has 9 heteroatoms. The lowest BCUT2D eigenvalue weighted by atomic mass is 10.2. The fourth-order valence-electron chi connectivity index (χ4n) is 2.14. The van der Waals surface area contributed by atoms with Gasteiger partial charge in [-0.2, -0.15) is 14.0 Å². The average Bonchev–Trinajstić information content (AvgIpc) is 2.68. The van der Waals surface area contributed by atoms with Gasteiger partial charge in [0, 0.05) is 5.69 Å². The average molecular weight is 390 g/mol. The summed E-state index contributed by atoms with van der Waals surface area (Å²) >= 11 is 0. The number of amides is 1. The van der Waals surface area contributed by atoms with Crippen LogP contribution in [-0.4, -0.2) is 31.7 Å². The summed E-state index contributed by atoms with van der Waals surface area (Å²) in [5, 5.41) is 11.3. The number of carbonyl (C=O) groups is 2. The summed E-state index contributed by atoms with van der Waals surface area (Å²) in [6, 6.07) is 11.6. The van der Waals surface area contributed by atoms with Gasteiger partial charge in [0.1, 0.15) is 0 Å². The maximum atomic E-state index is 12.3. The molecule has 2 aromatic carbocycles. The molecule has 28 heavy (non-hydrogen) atoms. The third-order valence-electron chi connectivity index (χ3n) is 3.55. The Morgan fingerprint density at radius 3 is 2.36 bits per heavy atom. The van der Waals surface area contributed by atoms with E-state index in [4.69, 9.17) is 14.7 Å². The number of alkyl halides is 2. The number of benzene rings is 2. The van der Waals surface area contributed by atoms with Gasteiger partial charge in [0.25, 0.3) is 5.91 Å². The van der Waals surface area contributed by atoms with Crippen LogP contribution in [0.15, 0.2) is 42.5 Å². The zero-order valence-corrected chi connectivity index (χ0v) is 14.9. The van der Waals surface area contributed by atoms with Crippen molar-refractivity contribution in [3.8, 4) is 17.6 Å². The Labute approximate surface area is 159 Å². The van der Waals surface area contributed by atoms with Gasteiger partial charge < -0.3 is 19.5 Å². The highest BCUT2D eigenvalue weighted by molar-refractivity contribution is 5.97. The fraction of sp³-hybridized carbons (Fsp3) is 0.211. The van der Waals surface area contributed by atoms with Crippen molar-refractivity contribution in [3.05, 3.63) is 53.6 Å². The minimum atomic E-state index is -3.04. The number of hydrogen-bond donors (Lipinski definition) is 1. The third-order valence-corrected chi connectivity index (χ3v) is 3.55. The molecule has 0 heterocycles. The van der Waals surface area contributed by atoms with Crippen LogP contribution in [0.1, 0.15) is 22.8 Å². The number of nitriles is 1. The molecule has 1 N–H and O–H groups in total. The van der Waals surface area contributed by atoms with Crippen LogP contribution in [0.5, 0.6) is 11.5 Å². The molecule has 1 amide bonds. The second kappa shape index (κ2) is 9.32. The van der Waals surface area contributed by atoms with Gasteiger partial charge in [0.15, 0.2) is 17.6 Å². The second-order valence-electron chi connectivity index (χ2n) is 5.47. The molecule has 0 unspecified atom stereocenters. The summed E-state index contributed by atoms with van der Waals surface area (Å²) in [5.74, 6) is -1.74. The number of nitrogens with one attached hydrogen (secondary N) is 1. The molecule has 0 saturated carbocycles. The molecule has 0 aliphatic heterocycles. The van der Waals surface area contributed by atoms with Crippen LogP contribution in [-0.2, 0) is 9.53 Å². The standard InChI is InChI=1S/C19H16F2N2O5/c1-11(17(24)23-14-6-3-12(10-22)4-7-14)27-18(25)13-5-8-15(28-19(20)21)16(9-13)26-2/h3-9,11,19H,1-2H3,(H,23,24)/t11-/m0/s1. The zero-order chi connectivity index (χ0) is 20.7. The summed E-state index contributed by atoms with van der Waals surface area (Å²) in [7, 11) is 1.23. The first kappa shape index (κ1) is 20.6. The van der Waals surface area contributed by atoms with Gasteiger partial charge in [-0.1, -0.05) is 0 Å². The number of methoxy groups -OCH3 is 1. The van der Waals surface area contributed by atoms with Crippen LogP contribution in [0.2, 0.25) is 0 Å². The van der Waals surface area contributed by atoms with Crippen LogP contribution in [0.25, 0.3) is 0 Å². The first-order valence-corrected chi connectivity index (χ1v) is 7.99. The van der Waals surface area contributed by atoms with Crippen molar-refractivity contribution in [1.29, 1.82) is 5.26 Å². The molecule has 7 nitrogen and oxygen atoms in total. The van der Waals surface area contributed by atoms with Gasteiger partial charge in [-0.15, -0.1) is 0 Å². The molecule has 0 bridgehead atoms. The predicted octanol–water partition coefficient (Wildman–Crippen LogP) is 3.35. The molecule has 0 fully saturated rings. The van der Waals surface area contributed by atoms with E-state index in [-0.39, 0.29) is 17.1 Å². The molecule has 0 spiro atoms. The molecule has 0 aromatic heterocycles. The second-order valence-corrected chi connectivity index (χ2v) is 5.47. The van der Waals surface area contributed by atoms with E-state index in [0.717, 1.165) is 6.07 Å². The summed E-state index contributed by atoms with van der Waals surface area (Å²) in [6.07, 6.45) is -1.13. The van der Waals surface area contributed by atoms with Gasteiger partial charge in [0.2, 0.25) is 0 Å². The monoisotopic (exact) mass is 390 g/mol. The number of rotatable bonds is 7. The highest BCUT2D eigenvalue weighted by atomic mass is 19.3. The van der Waals surface area contributed by atoms with Crippen molar-refractivity contribution >= 4 is 17.6 Å². The minimum absolute atomic E-state index is 0.00325. The Bertz CT molecular complexity index is 894. The van der Waals surface area contributed by atoms with Gasteiger partial charge in [-0.05, 0) is 49.4 Å². The van der Waals surface area contributed by atoms with Crippen LogP contribution in [0.4, 0.5) is 14.5 Å². The lowest BCUT2D eigenvalue weighted by molar-refractivity contribution is -0.123. The molecule has 0 aliphatic rings. The van der Waals surface area contributed by atoms with Gasteiger partial charge >= 0.3 is 12.6 Å². The summed E-state index contributed by atoms with van der Waals surface area (Å²) in [6.45, 7) is -1.67. The van der Waals surface area contributed by atoms with Crippen LogP contribution in [0, 0.1) is 11.3 Å². The Kier molecular flexibility index (Phi) is 6.87. The zero-order valence-electron chi connectivity index (χ0n) is 14.9. The fourth-order valence-corrected chi connectivity index (χ4v) is 2.14. The molecular formula is C19H16F2N2O5. The van der Waals surface area contributed by atoms with Crippen LogP contribution >= 0.6 is 0 Å². The summed E-state index contributed by atoms with van der Waals surface area (Å²) < 4.78 is 39.0. The number of halogens is 2. The summed E-state index contributed by atoms with van der Waals surface area (Å²) in [4.78, 5) is 24.4. The number of hydrogen-bond acceptors (Lipinski definition) is 6. The predicted molar refractivity (Wildman–Crippen MR) is 94.3 cm³/mol. The molecule has 0 radical (unpaired) electrons. The van der Waals surface area contributed by atoms with E-state index >= 15 is 0 Å². The van der Waals surface area contributed by atoms with Gasteiger partial charge in [0.05, 0.1) is 24.3 Å². The first-order chi connectivity index (χ1) is 13.3. The van der Waals surface area contributed by atoms with E-state index in [1.165, 1.54) is 50.4 Å². The molecule has 2 rings (SSSR count). The van der Waals surface area contributed by atoms with E-state index < -0.39 is 24.6 Å². The topological polar surface area (TPSA) is 97.6 Å². The maximum Gasteiger partial charge on any atom is 0.387 e. The number of ether oxygens (including phenoxy) is 3.